The molecule has 0 aliphatic heterocycles. The van der Waals surface area contributed by atoms with Crippen molar-refractivity contribution < 1.29 is 14.4 Å². The van der Waals surface area contributed by atoms with Gasteiger partial charge in [-0.15, -0.1) is 0 Å². The lowest BCUT2D eigenvalue weighted by molar-refractivity contribution is -0.116. The van der Waals surface area contributed by atoms with Crippen LogP contribution in [0.3, 0.4) is 0 Å². The van der Waals surface area contributed by atoms with E-state index in [0.29, 0.717) is 52.8 Å². The number of carbonyl (C=O) groups excluding carboxylic acids is 3. The standard InChI is InChI=1S/C20H25N5O3S/c1-25(2)10-4-7-16(26)24-20-23-14-6-3-5-13(18(28)19(14)29-20)17(27)12-8-9-15(21)22-11-12/h8-9,11,13H,3-7,10H2,1-2H3,(H2,21,22)(H,23,24,26). The molecule has 1 unspecified atom stereocenters. The Balaban J connectivity index is 1.71. The van der Waals surface area contributed by atoms with Gasteiger partial charge in [0, 0.05) is 18.2 Å². The molecule has 0 saturated carbocycles. The summed E-state index contributed by atoms with van der Waals surface area (Å²) >= 11 is 1.15. The maximum absolute atomic E-state index is 13.1. The number of ketones is 2. The van der Waals surface area contributed by atoms with Crippen LogP contribution in [0, 0.1) is 5.92 Å². The first-order valence-corrected chi connectivity index (χ1v) is 10.4. The molecule has 9 heteroatoms. The molecule has 0 bridgehead atoms. The number of Topliss-reactive ketones (excluding diaryl/α,β-unsaturated/α-hetero) is 2. The van der Waals surface area contributed by atoms with Crippen LogP contribution in [-0.4, -0.2) is 53.0 Å². The number of carbonyl (C=O) groups is 3. The number of rotatable bonds is 7. The molecule has 1 amide bonds. The number of thiazole rings is 1. The van der Waals surface area contributed by atoms with Gasteiger partial charge in [-0.05, 0) is 58.5 Å². The van der Waals surface area contributed by atoms with Crippen LogP contribution in [0.1, 0.15) is 51.4 Å². The molecular weight excluding hydrogens is 390 g/mol. The molecular formula is C20H25N5O3S. The summed E-state index contributed by atoms with van der Waals surface area (Å²) in [5.41, 5.74) is 6.61. The highest BCUT2D eigenvalue weighted by atomic mass is 32.1. The smallest absolute Gasteiger partial charge is 0.226 e. The minimum absolute atomic E-state index is 0.121. The van der Waals surface area contributed by atoms with E-state index in [1.807, 2.05) is 19.0 Å². The first-order chi connectivity index (χ1) is 13.8. The summed E-state index contributed by atoms with van der Waals surface area (Å²) in [5, 5.41) is 3.20. The highest BCUT2D eigenvalue weighted by molar-refractivity contribution is 7.17. The summed E-state index contributed by atoms with van der Waals surface area (Å²) in [5.74, 6) is -1.04. The van der Waals surface area contributed by atoms with Crippen LogP contribution in [0.4, 0.5) is 10.9 Å². The molecule has 0 spiro atoms. The molecule has 3 rings (SSSR count). The minimum Gasteiger partial charge on any atom is -0.384 e. The third-order valence-corrected chi connectivity index (χ3v) is 5.81. The predicted octanol–water partition coefficient (Wildman–Crippen LogP) is 2.42. The summed E-state index contributed by atoms with van der Waals surface area (Å²) < 4.78 is 0. The Morgan fingerprint density at radius 2 is 2.14 bits per heavy atom. The number of anilines is 2. The number of fused-ring (bicyclic) bond motifs is 1. The van der Waals surface area contributed by atoms with E-state index in [1.54, 1.807) is 12.1 Å². The zero-order chi connectivity index (χ0) is 21.0. The third-order valence-electron chi connectivity index (χ3n) is 4.79. The molecule has 154 valence electrons. The second-order valence-electron chi connectivity index (χ2n) is 7.39. The Bertz CT molecular complexity index is 907. The maximum atomic E-state index is 13.1. The fraction of sp³-hybridized carbons (Fsp3) is 0.450. The number of hydrogen-bond acceptors (Lipinski definition) is 8. The van der Waals surface area contributed by atoms with Crippen molar-refractivity contribution in [2.45, 2.75) is 32.1 Å². The third kappa shape index (κ3) is 5.24. The number of hydrogen-bond donors (Lipinski definition) is 2. The van der Waals surface area contributed by atoms with Crippen molar-refractivity contribution in [2.24, 2.45) is 5.92 Å². The first-order valence-electron chi connectivity index (χ1n) is 9.59. The lowest BCUT2D eigenvalue weighted by atomic mass is 9.91. The average Bonchev–Trinajstić information content (AvgIpc) is 3.00. The van der Waals surface area contributed by atoms with Gasteiger partial charge in [0.2, 0.25) is 5.91 Å². The molecule has 2 heterocycles. The Kier molecular flexibility index (Phi) is 6.71. The number of nitrogens with two attached hydrogens (primary N) is 1. The lowest BCUT2D eigenvalue weighted by Crippen LogP contribution is -2.23. The van der Waals surface area contributed by atoms with E-state index in [4.69, 9.17) is 5.73 Å². The first kappa shape index (κ1) is 21.1. The van der Waals surface area contributed by atoms with E-state index in [1.165, 1.54) is 6.20 Å². The van der Waals surface area contributed by atoms with Gasteiger partial charge < -0.3 is 16.0 Å². The molecule has 1 aliphatic rings. The number of amides is 1. The van der Waals surface area contributed by atoms with E-state index in [9.17, 15) is 14.4 Å². The van der Waals surface area contributed by atoms with Gasteiger partial charge in [-0.3, -0.25) is 14.4 Å². The lowest BCUT2D eigenvalue weighted by Gasteiger charge is -2.11. The Morgan fingerprint density at radius 3 is 2.83 bits per heavy atom. The van der Waals surface area contributed by atoms with Crippen molar-refractivity contribution in [1.82, 2.24) is 14.9 Å². The minimum atomic E-state index is -0.759. The molecule has 3 N–H and O–H groups in total. The van der Waals surface area contributed by atoms with Crippen LogP contribution >= 0.6 is 11.3 Å². The predicted molar refractivity (Wildman–Crippen MR) is 112 cm³/mol. The van der Waals surface area contributed by atoms with Gasteiger partial charge in [-0.25, -0.2) is 9.97 Å². The molecule has 8 nitrogen and oxygen atoms in total. The Labute approximate surface area is 173 Å². The van der Waals surface area contributed by atoms with Crippen molar-refractivity contribution in [3.05, 3.63) is 34.5 Å². The largest absolute Gasteiger partial charge is 0.384 e. The second kappa shape index (κ2) is 9.23. The quantitative estimate of drug-likeness (QED) is 0.405. The summed E-state index contributed by atoms with van der Waals surface area (Å²) in [6, 6.07) is 3.15. The van der Waals surface area contributed by atoms with Gasteiger partial charge in [0.1, 0.15) is 5.82 Å². The monoisotopic (exact) mass is 415 g/mol. The summed E-state index contributed by atoms with van der Waals surface area (Å²) in [7, 11) is 3.92. The summed E-state index contributed by atoms with van der Waals surface area (Å²) in [6.07, 6.45) is 4.30. The van der Waals surface area contributed by atoms with E-state index in [2.05, 4.69) is 15.3 Å². The van der Waals surface area contributed by atoms with Crippen LogP contribution in [-0.2, 0) is 11.2 Å². The van der Waals surface area contributed by atoms with Crippen molar-refractivity contribution >= 4 is 39.8 Å². The Hall–Kier alpha value is -2.65. The topological polar surface area (TPSA) is 118 Å². The van der Waals surface area contributed by atoms with Crippen molar-refractivity contribution in [2.75, 3.05) is 31.7 Å². The number of nitrogens with zero attached hydrogens (tertiary/aromatic N) is 3. The Morgan fingerprint density at radius 1 is 1.34 bits per heavy atom. The summed E-state index contributed by atoms with van der Waals surface area (Å²) in [6.45, 7) is 0.823. The van der Waals surface area contributed by atoms with Gasteiger partial charge in [0.05, 0.1) is 16.5 Å². The highest BCUT2D eigenvalue weighted by Gasteiger charge is 2.34. The van der Waals surface area contributed by atoms with Gasteiger partial charge in [-0.1, -0.05) is 11.3 Å². The van der Waals surface area contributed by atoms with Crippen LogP contribution in [0.5, 0.6) is 0 Å². The second-order valence-corrected chi connectivity index (χ2v) is 8.39. The number of nitrogen functional groups attached to an aromatic ring is 1. The van der Waals surface area contributed by atoms with E-state index in [-0.39, 0.29) is 17.5 Å². The molecule has 0 fully saturated rings. The average molecular weight is 416 g/mol. The fourth-order valence-electron chi connectivity index (χ4n) is 3.27. The SMILES string of the molecule is CN(C)CCCC(=O)Nc1nc2c(s1)C(=O)C(C(=O)c1ccc(N)nc1)CCC2. The van der Waals surface area contributed by atoms with Crippen LogP contribution in [0.15, 0.2) is 18.3 Å². The van der Waals surface area contributed by atoms with Crippen molar-refractivity contribution in [1.29, 1.82) is 0 Å². The van der Waals surface area contributed by atoms with Gasteiger partial charge in [-0.2, -0.15) is 0 Å². The number of pyridine rings is 1. The van der Waals surface area contributed by atoms with E-state index < -0.39 is 5.92 Å². The molecule has 1 atom stereocenters. The van der Waals surface area contributed by atoms with Gasteiger partial charge in [0.25, 0.3) is 0 Å². The normalized spacial score (nSPS) is 16.4. The van der Waals surface area contributed by atoms with Gasteiger partial charge >= 0.3 is 0 Å². The zero-order valence-electron chi connectivity index (χ0n) is 16.6. The maximum Gasteiger partial charge on any atom is 0.226 e. The van der Waals surface area contributed by atoms with Crippen LogP contribution < -0.4 is 11.1 Å². The molecule has 1 aliphatic carbocycles. The zero-order valence-corrected chi connectivity index (χ0v) is 17.4. The molecule has 2 aromatic heterocycles. The number of aromatic nitrogens is 2. The highest BCUT2D eigenvalue weighted by Crippen LogP contribution is 2.33. The fourth-order valence-corrected chi connectivity index (χ4v) is 4.29. The van der Waals surface area contributed by atoms with Crippen LogP contribution in [0.25, 0.3) is 0 Å². The number of aryl methyl sites for hydroxylation is 1. The number of nitrogens with one attached hydrogen (secondary N) is 1. The molecule has 0 saturated heterocycles. The molecule has 0 radical (unpaired) electrons. The van der Waals surface area contributed by atoms with Crippen LogP contribution in [0.2, 0.25) is 0 Å². The molecule has 0 aromatic carbocycles. The molecule has 29 heavy (non-hydrogen) atoms. The van der Waals surface area contributed by atoms with Gasteiger partial charge in [0.15, 0.2) is 16.7 Å². The van der Waals surface area contributed by atoms with Crippen molar-refractivity contribution in [3.8, 4) is 0 Å². The van der Waals surface area contributed by atoms with E-state index >= 15 is 0 Å². The van der Waals surface area contributed by atoms with E-state index in [0.717, 1.165) is 24.3 Å². The summed E-state index contributed by atoms with van der Waals surface area (Å²) in [4.78, 5) is 48.9. The molecule has 2 aromatic rings. The van der Waals surface area contributed by atoms with Crippen molar-refractivity contribution in [3.63, 3.8) is 0 Å².